The molecule has 2 nitrogen and oxygen atoms in total. The zero-order chi connectivity index (χ0) is 7.68. The molecule has 0 aliphatic heterocycles. The molecule has 11 heavy (non-hydrogen) atoms. The topological polar surface area (TPSA) is 26.9 Å². The molecule has 0 spiro atoms. The van der Waals surface area contributed by atoms with Crippen molar-refractivity contribution in [3.8, 4) is 0 Å². The molecule has 0 N–H and O–H groups in total. The fourth-order valence-corrected chi connectivity index (χ4v) is 0.987. The number of hydrogen-bond acceptors (Lipinski definition) is 1. The number of pyridine rings is 1. The second kappa shape index (κ2) is 2.23. The van der Waals surface area contributed by atoms with E-state index in [0.717, 1.165) is 10.8 Å². The van der Waals surface area contributed by atoms with Gasteiger partial charge in [0.1, 0.15) is 0 Å². The predicted molar refractivity (Wildman–Crippen MR) is 40.6 cm³/mol. The molecule has 0 saturated carbocycles. The average molecular weight is 143 g/mol. The largest absolute Gasteiger partial charge is 0.618 e. The molecule has 0 bridgehead atoms. The number of aromatic nitrogens is 1. The van der Waals surface area contributed by atoms with Crippen molar-refractivity contribution in [3.63, 3.8) is 0 Å². The lowest BCUT2D eigenvalue weighted by Gasteiger charge is -1.94. The lowest BCUT2D eigenvalue weighted by atomic mass is 10.2. The van der Waals surface area contributed by atoms with Crippen molar-refractivity contribution in [1.82, 2.24) is 0 Å². The van der Waals surface area contributed by atoms with Crippen LogP contribution >= 0.6 is 0 Å². The highest BCUT2D eigenvalue weighted by atomic mass is 16.5. The maximum atomic E-state index is 10.7. The van der Waals surface area contributed by atoms with E-state index < -0.39 is 0 Å². The van der Waals surface area contributed by atoms with Crippen LogP contribution in [-0.4, -0.2) is 0 Å². The van der Waals surface area contributed by atoms with Crippen molar-refractivity contribution >= 4 is 10.8 Å². The fourth-order valence-electron chi connectivity index (χ4n) is 0.987. The molecule has 0 aliphatic carbocycles. The normalized spacial score (nSPS) is 10.2. The molecule has 0 unspecified atom stereocenters. The van der Waals surface area contributed by atoms with E-state index in [1.165, 1.54) is 6.20 Å². The Bertz CT molecular complexity index is 384. The van der Waals surface area contributed by atoms with Gasteiger partial charge in [0.2, 0.25) is 0 Å². The van der Waals surface area contributed by atoms with Crippen LogP contribution in [0.3, 0.4) is 0 Å². The number of benzene rings is 1. The minimum Gasteiger partial charge on any atom is -0.618 e. The molecule has 0 saturated heterocycles. The van der Waals surface area contributed by atoms with Crippen molar-refractivity contribution in [2.75, 3.05) is 0 Å². The minimum absolute atomic E-state index is 0.669. The van der Waals surface area contributed by atoms with Crippen molar-refractivity contribution in [2.45, 2.75) is 0 Å². The van der Waals surface area contributed by atoms with Crippen molar-refractivity contribution in [1.29, 1.82) is 0 Å². The van der Waals surface area contributed by atoms with E-state index >= 15 is 0 Å². The van der Waals surface area contributed by atoms with E-state index in [4.69, 9.17) is 0 Å². The Morgan fingerprint density at radius 2 is 2.27 bits per heavy atom. The third-order valence-electron chi connectivity index (χ3n) is 1.52. The average Bonchev–Trinajstić information content (AvgIpc) is 2.04. The molecular weight excluding hydrogens is 138 g/mol. The number of hydrogen-bond donors (Lipinski definition) is 0. The highest BCUT2D eigenvalue weighted by Crippen LogP contribution is 2.07. The van der Waals surface area contributed by atoms with Gasteiger partial charge in [-0.05, 0) is 23.6 Å². The first-order valence-corrected chi connectivity index (χ1v) is 3.27. The maximum absolute atomic E-state index is 10.7. The Kier molecular flexibility index (Phi) is 1.25. The van der Waals surface area contributed by atoms with Gasteiger partial charge in [-0.3, -0.25) is 0 Å². The smallest absolute Gasteiger partial charge is 0.298 e. The van der Waals surface area contributed by atoms with E-state index in [1.807, 2.05) is 12.1 Å². The van der Waals surface area contributed by atoms with Crippen LogP contribution in [0.25, 0.3) is 10.8 Å². The molecule has 1 heterocycles. The summed E-state index contributed by atoms with van der Waals surface area (Å²) in [6.45, 7) is 0. The number of nitrogens with zero attached hydrogens (tertiary/aromatic N) is 1. The van der Waals surface area contributed by atoms with E-state index in [1.54, 1.807) is 12.1 Å². The molecule has 0 fully saturated rings. The van der Waals surface area contributed by atoms with Crippen LogP contribution in [0.5, 0.6) is 0 Å². The Morgan fingerprint density at radius 1 is 1.36 bits per heavy atom. The van der Waals surface area contributed by atoms with Gasteiger partial charge in [-0.15, -0.1) is 0 Å². The van der Waals surface area contributed by atoms with Gasteiger partial charge in [0.05, 0.1) is 5.39 Å². The fraction of sp³-hybridized carbons (Fsp3) is 0. The zero-order valence-corrected chi connectivity index (χ0v) is 5.74. The highest BCUT2D eigenvalue weighted by Gasteiger charge is 1.95. The second-order valence-electron chi connectivity index (χ2n) is 2.27. The lowest BCUT2D eigenvalue weighted by Crippen LogP contribution is -2.24. The Morgan fingerprint density at radius 3 is 3.18 bits per heavy atom. The first kappa shape index (κ1) is 6.16. The van der Waals surface area contributed by atoms with E-state index in [9.17, 15) is 5.21 Å². The predicted octanol–water partition coefficient (Wildman–Crippen LogP) is 1.07. The first-order chi connectivity index (χ1) is 5.36. The van der Waals surface area contributed by atoms with Crippen LogP contribution in [-0.2, 0) is 0 Å². The Labute approximate surface area is 64.3 Å². The quantitative estimate of drug-likeness (QED) is 0.400. The van der Waals surface area contributed by atoms with Gasteiger partial charge < -0.3 is 5.21 Å². The van der Waals surface area contributed by atoms with Gasteiger partial charge in [0.15, 0.2) is 6.20 Å². The van der Waals surface area contributed by atoms with Gasteiger partial charge in [0, 0.05) is 6.07 Å². The summed E-state index contributed by atoms with van der Waals surface area (Å²) in [5.74, 6) is 0. The highest BCUT2D eigenvalue weighted by molar-refractivity contribution is 5.79. The minimum atomic E-state index is 0.669. The summed E-state index contributed by atoms with van der Waals surface area (Å²) >= 11 is 0. The molecule has 0 amide bonds. The number of fused-ring (bicyclic) bond motifs is 1. The van der Waals surface area contributed by atoms with Crippen LogP contribution in [0.2, 0.25) is 0 Å². The summed E-state index contributed by atoms with van der Waals surface area (Å²) in [5, 5.41) is 12.5. The summed E-state index contributed by atoms with van der Waals surface area (Å²) < 4.78 is 0.669. The summed E-state index contributed by atoms with van der Waals surface area (Å²) in [6, 6.07) is 10.1. The molecule has 0 atom stereocenters. The van der Waals surface area contributed by atoms with Crippen LogP contribution < -0.4 is 4.73 Å². The van der Waals surface area contributed by atoms with Gasteiger partial charge in [0.25, 0.3) is 6.20 Å². The standard InChI is InChI=1S/C9H5NO/c11-10-6-5-8-3-1-2-4-9(8)7-10/h2-6H. The third-order valence-corrected chi connectivity index (χ3v) is 1.52. The summed E-state index contributed by atoms with van der Waals surface area (Å²) in [6.07, 6.45) is 4.06. The Balaban J connectivity index is 2.83. The van der Waals surface area contributed by atoms with Gasteiger partial charge in [-0.25, -0.2) is 0 Å². The monoisotopic (exact) mass is 143 g/mol. The van der Waals surface area contributed by atoms with Crippen LogP contribution in [0.4, 0.5) is 0 Å². The van der Waals surface area contributed by atoms with Crippen LogP contribution in [0, 0.1) is 17.5 Å². The Hall–Kier alpha value is -1.57. The van der Waals surface area contributed by atoms with Crippen molar-refractivity contribution in [2.24, 2.45) is 0 Å². The molecule has 52 valence electrons. The van der Waals surface area contributed by atoms with Crippen LogP contribution in [0.1, 0.15) is 0 Å². The summed E-state index contributed by atoms with van der Waals surface area (Å²) in [4.78, 5) is 0. The van der Waals surface area contributed by atoms with E-state index in [-0.39, 0.29) is 0 Å². The van der Waals surface area contributed by atoms with Gasteiger partial charge in [-0.2, -0.15) is 4.73 Å². The lowest BCUT2D eigenvalue weighted by molar-refractivity contribution is -0.608. The second-order valence-corrected chi connectivity index (χ2v) is 2.27. The van der Waals surface area contributed by atoms with Crippen molar-refractivity contribution < 1.29 is 4.73 Å². The summed E-state index contributed by atoms with van der Waals surface area (Å²) in [5.41, 5.74) is 0. The van der Waals surface area contributed by atoms with Gasteiger partial charge in [-0.1, -0.05) is 6.07 Å². The van der Waals surface area contributed by atoms with E-state index in [2.05, 4.69) is 12.3 Å². The molecule has 2 heteroatoms. The molecule has 2 radical (unpaired) electrons. The first-order valence-electron chi connectivity index (χ1n) is 3.27. The molecule has 2 aromatic rings. The van der Waals surface area contributed by atoms with Gasteiger partial charge >= 0.3 is 0 Å². The summed E-state index contributed by atoms with van der Waals surface area (Å²) in [7, 11) is 0. The number of rotatable bonds is 0. The maximum Gasteiger partial charge on any atom is 0.298 e. The molecule has 0 aliphatic rings. The SMILES string of the molecule is [O-][n+]1[c]c2cc[c]cc2cc1. The zero-order valence-electron chi connectivity index (χ0n) is 5.74. The van der Waals surface area contributed by atoms with Crippen molar-refractivity contribution in [3.05, 3.63) is 47.9 Å². The van der Waals surface area contributed by atoms with Crippen LogP contribution in [0.15, 0.2) is 30.5 Å². The van der Waals surface area contributed by atoms with E-state index in [0.29, 0.717) is 4.73 Å². The molecule has 1 aromatic heterocycles. The molecule has 2 rings (SSSR count). The molecular formula is C9H5NO. The molecule has 1 aromatic carbocycles. The third kappa shape index (κ3) is 1.03.